The quantitative estimate of drug-likeness (QED) is 0.129. The van der Waals surface area contributed by atoms with Gasteiger partial charge in [-0.05, 0) is 88.3 Å². The zero-order valence-corrected chi connectivity index (χ0v) is 40.1. The molecule has 4 saturated heterocycles. The highest BCUT2D eigenvalue weighted by Gasteiger charge is 2.35. The predicted molar refractivity (Wildman–Crippen MR) is 257 cm³/mol. The number of nitrogens with two attached hydrogens (primary N) is 1. The Labute approximate surface area is 409 Å². The minimum Gasteiger partial charge on any atom is -0.439 e. The second kappa shape index (κ2) is 20.5. The number of anilines is 3. The number of fused-ring (bicyclic) bond motifs is 1. The van der Waals surface area contributed by atoms with Gasteiger partial charge in [-0.25, -0.2) is 38.2 Å². The molecule has 376 valence electrons. The van der Waals surface area contributed by atoms with Crippen molar-refractivity contribution in [3.8, 4) is 22.8 Å². The first kappa shape index (κ1) is 47.8. The van der Waals surface area contributed by atoms with Crippen molar-refractivity contribution in [3.05, 3.63) is 53.8 Å². The molecule has 20 nitrogen and oxygen atoms in total. The molecular weight excluding hydrogens is 919 g/mol. The lowest BCUT2D eigenvalue weighted by molar-refractivity contribution is -0.136. The van der Waals surface area contributed by atoms with E-state index in [1.54, 1.807) is 14.7 Å². The molecule has 4 N–H and O–H groups in total. The van der Waals surface area contributed by atoms with Crippen molar-refractivity contribution < 1.29 is 37.2 Å². The number of likely N-dealkylation sites (tertiary alicyclic amines) is 2. The average Bonchev–Trinajstić information content (AvgIpc) is 4.15. The molecule has 0 radical (unpaired) electrons. The van der Waals surface area contributed by atoms with Crippen LogP contribution in [0.15, 0.2) is 35.4 Å². The lowest BCUT2D eigenvalue weighted by Gasteiger charge is -2.39. The van der Waals surface area contributed by atoms with Gasteiger partial charge in [0.05, 0.1) is 10.9 Å². The number of hydrogen-bond acceptors (Lipinski definition) is 16. The number of halogens is 2. The van der Waals surface area contributed by atoms with Crippen LogP contribution < -0.4 is 21.3 Å². The standard InChI is InChI=1S/C49H60F2N14O6/c1-28(2)65-47-40(45(52)55-27-56-47)41(59-65)42-39(44(71-60-42)31-5-3-4-6-31)46-53-23-32(24-54-46)30-11-15-64(16-12-30)49(69)70-26-38(67)62-13-9-29(10-14-62)25-61-17-19-63(20-18-61)43-34(50)21-33(22-35(43)51)57-36-7-8-37(66)58-48(36)68/h21-24,27-31,36,57H,3-20,25-26H2,1-2H3,(H2,52,55,56)(H,58,66,68). The van der Waals surface area contributed by atoms with E-state index in [0.717, 1.165) is 56.4 Å². The number of carbonyl (C=O) groups is 4. The minimum absolute atomic E-state index is 0.00540. The van der Waals surface area contributed by atoms with Crippen molar-refractivity contribution >= 4 is 52.0 Å². The second-order valence-corrected chi connectivity index (χ2v) is 19.8. The van der Waals surface area contributed by atoms with E-state index in [4.69, 9.17) is 30.1 Å². The third kappa shape index (κ3) is 10.1. The van der Waals surface area contributed by atoms with Crippen LogP contribution >= 0.6 is 0 Å². The molecule has 1 atom stereocenters. The normalized spacial score (nSPS) is 20.1. The molecule has 5 aliphatic rings. The van der Waals surface area contributed by atoms with Crippen LogP contribution in [0.4, 0.5) is 30.8 Å². The van der Waals surface area contributed by atoms with Crippen LogP contribution in [0.1, 0.15) is 107 Å². The Morgan fingerprint density at radius 2 is 1.55 bits per heavy atom. The molecule has 1 aliphatic carbocycles. The van der Waals surface area contributed by atoms with Crippen molar-refractivity contribution in [3.63, 3.8) is 0 Å². The number of aromatic nitrogens is 7. The van der Waals surface area contributed by atoms with Gasteiger partial charge in [0.1, 0.15) is 35.3 Å². The topological polar surface area (TPSA) is 236 Å². The lowest BCUT2D eigenvalue weighted by Crippen LogP contribution is -2.50. The molecule has 1 saturated carbocycles. The molecule has 4 aliphatic heterocycles. The van der Waals surface area contributed by atoms with E-state index in [9.17, 15) is 19.2 Å². The van der Waals surface area contributed by atoms with Crippen molar-refractivity contribution in [1.82, 2.24) is 54.9 Å². The summed E-state index contributed by atoms with van der Waals surface area (Å²) < 4.78 is 44.0. The van der Waals surface area contributed by atoms with Gasteiger partial charge >= 0.3 is 6.09 Å². The van der Waals surface area contributed by atoms with E-state index in [-0.39, 0.29) is 60.5 Å². The fourth-order valence-corrected chi connectivity index (χ4v) is 10.9. The number of nitrogens with one attached hydrogen (secondary N) is 2. The summed E-state index contributed by atoms with van der Waals surface area (Å²) in [5.74, 6) is -0.331. The zero-order chi connectivity index (χ0) is 49.3. The van der Waals surface area contributed by atoms with E-state index >= 15 is 8.78 Å². The predicted octanol–water partition coefficient (Wildman–Crippen LogP) is 5.63. The van der Waals surface area contributed by atoms with E-state index < -0.39 is 29.7 Å². The zero-order valence-electron chi connectivity index (χ0n) is 40.1. The molecule has 4 amide bonds. The summed E-state index contributed by atoms with van der Waals surface area (Å²) in [6, 6.07) is 1.64. The van der Waals surface area contributed by atoms with Gasteiger partial charge in [0.25, 0.3) is 5.91 Å². The summed E-state index contributed by atoms with van der Waals surface area (Å²) in [4.78, 5) is 75.8. The third-order valence-electron chi connectivity index (χ3n) is 14.9. The number of amides is 4. The summed E-state index contributed by atoms with van der Waals surface area (Å²) in [6.45, 7) is 8.76. The molecule has 4 aromatic heterocycles. The fraction of sp³-hybridized carbons (Fsp3) is 0.551. The van der Waals surface area contributed by atoms with Gasteiger partial charge in [-0.3, -0.25) is 24.6 Å². The van der Waals surface area contributed by atoms with Gasteiger partial charge in [-0.15, -0.1) is 0 Å². The molecular formula is C49H60F2N14O6. The molecule has 5 aromatic rings. The molecule has 1 unspecified atom stereocenters. The number of hydrogen-bond donors (Lipinski definition) is 3. The fourth-order valence-electron chi connectivity index (χ4n) is 10.9. The summed E-state index contributed by atoms with van der Waals surface area (Å²) in [6.07, 6.45) is 12.2. The first-order valence-electron chi connectivity index (χ1n) is 25.0. The van der Waals surface area contributed by atoms with Crippen LogP contribution in [0.25, 0.3) is 33.8 Å². The smallest absolute Gasteiger partial charge is 0.410 e. The minimum atomic E-state index is -0.745. The van der Waals surface area contributed by atoms with Crippen LogP contribution in [0, 0.1) is 17.6 Å². The first-order valence-corrected chi connectivity index (χ1v) is 25.0. The number of ether oxygens (including phenoxy) is 1. The number of nitrogens with zero attached hydrogens (tertiary/aromatic N) is 11. The Balaban J connectivity index is 0.672. The molecule has 10 rings (SSSR count). The maximum absolute atomic E-state index is 15.3. The highest BCUT2D eigenvalue weighted by atomic mass is 19.1. The van der Waals surface area contributed by atoms with E-state index in [1.807, 2.05) is 30.9 Å². The summed E-state index contributed by atoms with van der Waals surface area (Å²) in [5, 5.41) is 15.2. The van der Waals surface area contributed by atoms with Crippen molar-refractivity contribution in [2.24, 2.45) is 5.92 Å². The van der Waals surface area contributed by atoms with Crippen LogP contribution in [-0.4, -0.2) is 145 Å². The average molecular weight is 979 g/mol. The highest BCUT2D eigenvalue weighted by Crippen LogP contribution is 2.44. The lowest BCUT2D eigenvalue weighted by atomic mass is 9.91. The van der Waals surface area contributed by atoms with Crippen molar-refractivity contribution in [1.29, 1.82) is 0 Å². The SMILES string of the molecule is CC(C)n1nc(-c2noc(C3CCCC3)c2-c2ncc(C3CCN(C(=O)OCC(=O)N4CCC(CN5CCN(c6c(F)cc(NC7CCC(=O)NC7=O)cc6F)CC5)CC4)CC3)cn2)c2c(N)ncnc21. The Hall–Kier alpha value is -6.84. The third-order valence-corrected chi connectivity index (χ3v) is 14.9. The molecule has 8 heterocycles. The van der Waals surface area contributed by atoms with E-state index in [0.29, 0.717) is 111 Å². The molecule has 0 spiro atoms. The Kier molecular flexibility index (Phi) is 13.8. The van der Waals surface area contributed by atoms with Crippen molar-refractivity contribution in [2.45, 2.75) is 102 Å². The van der Waals surface area contributed by atoms with Gasteiger partial charge in [-0.2, -0.15) is 5.10 Å². The molecule has 71 heavy (non-hydrogen) atoms. The maximum Gasteiger partial charge on any atom is 0.410 e. The van der Waals surface area contributed by atoms with Gasteiger partial charge in [0, 0.05) is 95.4 Å². The Bertz CT molecular complexity index is 2750. The second-order valence-electron chi connectivity index (χ2n) is 19.8. The van der Waals surface area contributed by atoms with Gasteiger partial charge in [0.15, 0.2) is 35.5 Å². The molecule has 5 fully saturated rings. The Morgan fingerprint density at radius 1 is 0.859 bits per heavy atom. The largest absolute Gasteiger partial charge is 0.439 e. The molecule has 22 heteroatoms. The number of nitrogen functional groups attached to an aromatic ring is 1. The summed E-state index contributed by atoms with van der Waals surface area (Å²) in [7, 11) is 0. The van der Waals surface area contributed by atoms with Crippen molar-refractivity contribution in [2.75, 3.05) is 81.5 Å². The number of carbonyl (C=O) groups excluding carboxylic acids is 4. The summed E-state index contributed by atoms with van der Waals surface area (Å²) in [5.41, 5.74) is 9.78. The molecule has 0 bridgehead atoms. The van der Waals surface area contributed by atoms with E-state index in [1.165, 1.54) is 18.5 Å². The monoisotopic (exact) mass is 978 g/mol. The van der Waals surface area contributed by atoms with Gasteiger partial charge in [-0.1, -0.05) is 18.0 Å². The highest BCUT2D eigenvalue weighted by molar-refractivity contribution is 6.02. The van der Waals surface area contributed by atoms with E-state index in [2.05, 4.69) is 30.7 Å². The number of imide groups is 1. The van der Waals surface area contributed by atoms with Crippen LogP contribution in [0.5, 0.6) is 0 Å². The van der Waals surface area contributed by atoms with Gasteiger partial charge in [0.2, 0.25) is 11.8 Å². The number of benzene rings is 1. The summed E-state index contributed by atoms with van der Waals surface area (Å²) >= 11 is 0. The first-order chi connectivity index (χ1) is 34.4. The van der Waals surface area contributed by atoms with Crippen LogP contribution in [0.3, 0.4) is 0 Å². The number of piperazine rings is 1. The number of piperidine rings is 3. The maximum atomic E-state index is 15.3. The Morgan fingerprint density at radius 3 is 2.23 bits per heavy atom. The van der Waals surface area contributed by atoms with Crippen LogP contribution in [0.2, 0.25) is 0 Å². The van der Waals surface area contributed by atoms with Crippen LogP contribution in [-0.2, 0) is 19.1 Å². The van der Waals surface area contributed by atoms with Gasteiger partial charge < -0.3 is 35.0 Å². The molecule has 1 aromatic carbocycles. The number of rotatable bonds is 12.